The van der Waals surface area contributed by atoms with Crippen LogP contribution in [-0.2, 0) is 0 Å². The first-order chi connectivity index (χ1) is 4.74. The van der Waals surface area contributed by atoms with Gasteiger partial charge in [0.05, 0.1) is 0 Å². The van der Waals surface area contributed by atoms with Gasteiger partial charge >= 0.3 is 5.69 Å². The van der Waals surface area contributed by atoms with Crippen molar-refractivity contribution < 1.29 is 5.11 Å². The monoisotopic (exact) mass is 134 g/mol. The van der Waals surface area contributed by atoms with Gasteiger partial charge in [-0.2, -0.15) is 0 Å². The van der Waals surface area contributed by atoms with Gasteiger partial charge < -0.3 is 5.11 Å². The summed E-state index contributed by atoms with van der Waals surface area (Å²) in [5.41, 5.74) is 1.13. The Hall–Kier alpha value is -1.56. The molecule has 0 spiro atoms. The highest BCUT2D eigenvalue weighted by atomic mass is 16.3. The summed E-state index contributed by atoms with van der Waals surface area (Å²) in [5.74, 6) is -0.0649. The minimum atomic E-state index is -0.0649. The Labute approximate surface area is 58.6 Å². The van der Waals surface area contributed by atoms with E-state index in [0.717, 1.165) is 0 Å². The van der Waals surface area contributed by atoms with Crippen LogP contribution in [0.15, 0.2) is 18.2 Å². The number of rotatable bonds is 0. The number of nitrogens with zero attached hydrogens (tertiary/aromatic N) is 2. The van der Waals surface area contributed by atoms with Crippen LogP contribution in [-0.4, -0.2) is 0 Å². The zero-order valence-corrected chi connectivity index (χ0v) is 5.53. The highest BCUT2D eigenvalue weighted by Crippen LogP contribution is 2.20. The van der Waals surface area contributed by atoms with Crippen LogP contribution in [0, 0.1) is 12.3 Å². The second-order valence-electron chi connectivity index (χ2n) is 2.05. The lowest BCUT2D eigenvalue weighted by molar-refractivity contribution is -0.268. The van der Waals surface area contributed by atoms with Crippen molar-refractivity contribution in [3.05, 3.63) is 28.7 Å². The molecule has 0 aliphatic rings. The van der Waals surface area contributed by atoms with E-state index in [1.807, 2.05) is 0 Å². The van der Waals surface area contributed by atoms with Crippen molar-refractivity contribution in [1.82, 2.24) is 0 Å². The van der Waals surface area contributed by atoms with Crippen molar-refractivity contribution in [3.63, 3.8) is 0 Å². The first kappa shape index (κ1) is 6.56. The van der Waals surface area contributed by atoms with Crippen molar-refractivity contribution >= 4 is 5.69 Å². The molecule has 1 aromatic carbocycles. The Balaban J connectivity index is 3.23. The summed E-state index contributed by atoms with van der Waals surface area (Å²) in [5, 5.41) is 19.0. The van der Waals surface area contributed by atoms with Crippen LogP contribution in [0.1, 0.15) is 5.56 Å². The Kier molecular flexibility index (Phi) is 1.55. The third-order valence-corrected chi connectivity index (χ3v) is 1.28. The highest BCUT2D eigenvalue weighted by molar-refractivity contribution is 5.53. The molecular formula is C7H6N2O. The minimum Gasteiger partial charge on any atom is -0.872 e. The van der Waals surface area contributed by atoms with Crippen LogP contribution in [0.5, 0.6) is 5.75 Å². The first-order valence-corrected chi connectivity index (χ1v) is 2.87. The maximum atomic E-state index is 10.6. The van der Waals surface area contributed by atoms with Gasteiger partial charge in [0.25, 0.3) is 0 Å². The Morgan fingerprint density at radius 2 is 2.20 bits per heavy atom. The van der Waals surface area contributed by atoms with Crippen molar-refractivity contribution in [1.29, 1.82) is 5.39 Å². The molecule has 0 heterocycles. The average Bonchev–Trinajstić information content (AvgIpc) is 1.88. The molecule has 0 saturated heterocycles. The standard InChI is InChI=1S/C7H6N2O/c1-5-4-6(10)2-3-7(5)9-8/h2-4H,1H3. The summed E-state index contributed by atoms with van der Waals surface area (Å²) >= 11 is 0. The predicted octanol–water partition coefficient (Wildman–Crippen LogP) is 1.55. The molecule has 0 N–H and O–H groups in total. The normalized spacial score (nSPS) is 8.80. The molecule has 3 heteroatoms. The molecule has 0 aromatic heterocycles. The number of diazo groups is 1. The molecule has 0 unspecified atom stereocenters. The van der Waals surface area contributed by atoms with Crippen molar-refractivity contribution in [2.45, 2.75) is 6.92 Å². The van der Waals surface area contributed by atoms with Gasteiger partial charge in [-0.1, -0.05) is 12.1 Å². The molecular weight excluding hydrogens is 128 g/mol. The predicted molar refractivity (Wildman–Crippen MR) is 35.4 cm³/mol. The summed E-state index contributed by atoms with van der Waals surface area (Å²) in [7, 11) is 0. The first-order valence-electron chi connectivity index (χ1n) is 2.87. The van der Waals surface area contributed by atoms with E-state index in [4.69, 9.17) is 5.39 Å². The van der Waals surface area contributed by atoms with Crippen molar-refractivity contribution in [3.8, 4) is 5.75 Å². The Bertz CT molecular complexity index is 288. The topological polar surface area (TPSA) is 51.2 Å². The van der Waals surface area contributed by atoms with Crippen LogP contribution in [0.2, 0.25) is 0 Å². The molecule has 1 aromatic rings. The second-order valence-corrected chi connectivity index (χ2v) is 2.05. The van der Waals surface area contributed by atoms with Gasteiger partial charge in [-0.05, 0) is 6.92 Å². The van der Waals surface area contributed by atoms with E-state index >= 15 is 0 Å². The SMILES string of the molecule is Cc1cc([O-])ccc1[N+]#N. The molecule has 0 atom stereocenters. The minimum absolute atomic E-state index is 0.0649. The third kappa shape index (κ3) is 1.06. The summed E-state index contributed by atoms with van der Waals surface area (Å²) in [4.78, 5) is 2.97. The van der Waals surface area contributed by atoms with Crippen molar-refractivity contribution in [2.24, 2.45) is 0 Å². The van der Waals surface area contributed by atoms with E-state index < -0.39 is 0 Å². The van der Waals surface area contributed by atoms with E-state index in [-0.39, 0.29) is 5.75 Å². The van der Waals surface area contributed by atoms with E-state index in [1.165, 1.54) is 18.2 Å². The van der Waals surface area contributed by atoms with Gasteiger partial charge in [0, 0.05) is 11.6 Å². The average molecular weight is 134 g/mol. The van der Waals surface area contributed by atoms with Gasteiger partial charge in [0.1, 0.15) is 0 Å². The lowest BCUT2D eigenvalue weighted by Gasteiger charge is -2.01. The van der Waals surface area contributed by atoms with Crippen LogP contribution in [0.4, 0.5) is 5.69 Å². The lowest BCUT2D eigenvalue weighted by Crippen LogP contribution is -1.88. The number of aryl methyl sites for hydroxylation is 1. The van der Waals surface area contributed by atoms with Gasteiger partial charge in [-0.15, -0.1) is 5.75 Å². The molecule has 0 amide bonds. The molecule has 0 radical (unpaired) electrons. The van der Waals surface area contributed by atoms with Gasteiger partial charge in [-0.25, -0.2) is 0 Å². The van der Waals surface area contributed by atoms with Gasteiger partial charge in [-0.3, -0.25) is 0 Å². The molecule has 3 nitrogen and oxygen atoms in total. The zero-order valence-electron chi connectivity index (χ0n) is 5.53. The lowest BCUT2D eigenvalue weighted by atomic mass is 10.2. The second kappa shape index (κ2) is 2.36. The van der Waals surface area contributed by atoms with Crippen molar-refractivity contribution in [2.75, 3.05) is 0 Å². The van der Waals surface area contributed by atoms with Gasteiger partial charge in [0.2, 0.25) is 5.39 Å². The quantitative estimate of drug-likeness (QED) is 0.505. The maximum Gasteiger partial charge on any atom is 0.387 e. The van der Waals surface area contributed by atoms with Crippen LogP contribution >= 0.6 is 0 Å². The van der Waals surface area contributed by atoms with E-state index in [0.29, 0.717) is 11.3 Å². The summed E-state index contributed by atoms with van der Waals surface area (Å²) in [6.45, 7) is 1.72. The highest BCUT2D eigenvalue weighted by Gasteiger charge is 2.05. The molecule has 10 heavy (non-hydrogen) atoms. The smallest absolute Gasteiger partial charge is 0.387 e. The Morgan fingerprint density at radius 1 is 1.50 bits per heavy atom. The van der Waals surface area contributed by atoms with Crippen LogP contribution in [0.25, 0.3) is 4.98 Å². The number of hydrogen-bond acceptors (Lipinski definition) is 2. The van der Waals surface area contributed by atoms with Crippen LogP contribution in [0.3, 0.4) is 0 Å². The number of hydrogen-bond donors (Lipinski definition) is 0. The molecule has 0 aliphatic heterocycles. The third-order valence-electron chi connectivity index (χ3n) is 1.28. The van der Waals surface area contributed by atoms with E-state index in [1.54, 1.807) is 6.92 Å². The fraction of sp³-hybridized carbons (Fsp3) is 0.143. The van der Waals surface area contributed by atoms with E-state index in [2.05, 4.69) is 4.98 Å². The summed E-state index contributed by atoms with van der Waals surface area (Å²) < 4.78 is 0. The molecule has 0 fully saturated rings. The zero-order chi connectivity index (χ0) is 7.56. The fourth-order valence-corrected chi connectivity index (χ4v) is 0.740. The molecule has 0 bridgehead atoms. The van der Waals surface area contributed by atoms with Gasteiger partial charge in [0.15, 0.2) is 4.98 Å². The molecule has 1 rings (SSSR count). The maximum absolute atomic E-state index is 10.6. The van der Waals surface area contributed by atoms with E-state index in [9.17, 15) is 5.11 Å². The summed E-state index contributed by atoms with van der Waals surface area (Å²) in [6.07, 6.45) is 0. The number of benzene rings is 1. The van der Waals surface area contributed by atoms with Crippen LogP contribution < -0.4 is 5.11 Å². The Morgan fingerprint density at radius 3 is 2.70 bits per heavy atom. The fourth-order valence-electron chi connectivity index (χ4n) is 0.740. The molecule has 0 aliphatic carbocycles. The summed E-state index contributed by atoms with van der Waals surface area (Å²) in [6, 6.07) is 4.27. The molecule has 50 valence electrons. The largest absolute Gasteiger partial charge is 0.872 e. The molecule has 0 saturated carbocycles.